The molecule has 0 heterocycles. The molecule has 0 saturated carbocycles. The van der Waals surface area contributed by atoms with Crippen LogP contribution < -0.4 is 15.5 Å². The molecule has 4 aromatic rings. The highest BCUT2D eigenvalue weighted by Crippen LogP contribution is 2.22. The quantitative estimate of drug-likeness (QED) is 0.310. The zero-order valence-corrected chi connectivity index (χ0v) is 18.1. The normalized spacial score (nSPS) is 10.8. The molecule has 164 valence electrons. The molecular formula is C27H23N3O3. The van der Waals surface area contributed by atoms with Crippen molar-refractivity contribution in [3.63, 3.8) is 0 Å². The monoisotopic (exact) mass is 437 g/mol. The molecule has 6 heteroatoms. The predicted octanol–water partition coefficient (Wildman–Crippen LogP) is 5.14. The Morgan fingerprint density at radius 2 is 1.67 bits per heavy atom. The summed E-state index contributed by atoms with van der Waals surface area (Å²) in [7, 11) is 0. The molecule has 0 radical (unpaired) electrons. The summed E-state index contributed by atoms with van der Waals surface area (Å²) in [6, 6.07) is 28.5. The topological polar surface area (TPSA) is 79.8 Å². The summed E-state index contributed by atoms with van der Waals surface area (Å²) in [5, 5.41) is 9.05. The van der Waals surface area contributed by atoms with Gasteiger partial charge in [0, 0.05) is 23.7 Å². The van der Waals surface area contributed by atoms with E-state index in [-0.39, 0.29) is 11.8 Å². The van der Waals surface area contributed by atoms with E-state index < -0.39 is 0 Å². The number of anilines is 1. The minimum absolute atomic E-state index is 0.203. The number of hydrazone groups is 1. The minimum Gasteiger partial charge on any atom is -0.488 e. The Labute approximate surface area is 191 Å². The van der Waals surface area contributed by atoms with Crippen LogP contribution in [0.4, 0.5) is 5.69 Å². The number of para-hydroxylation sites is 1. The molecule has 2 N–H and O–H groups in total. The predicted molar refractivity (Wildman–Crippen MR) is 131 cm³/mol. The molecule has 0 aliphatic carbocycles. The van der Waals surface area contributed by atoms with Gasteiger partial charge in [-0.05, 0) is 46.7 Å². The third-order valence-electron chi connectivity index (χ3n) is 5.00. The summed E-state index contributed by atoms with van der Waals surface area (Å²) in [6.07, 6.45) is 1.55. The maximum Gasteiger partial charge on any atom is 0.271 e. The van der Waals surface area contributed by atoms with Crippen LogP contribution in [0.1, 0.15) is 28.4 Å². The lowest BCUT2D eigenvalue weighted by Gasteiger charge is -2.11. The average molecular weight is 437 g/mol. The van der Waals surface area contributed by atoms with Crippen LogP contribution in [0.5, 0.6) is 5.75 Å². The largest absolute Gasteiger partial charge is 0.488 e. The summed E-state index contributed by atoms with van der Waals surface area (Å²) >= 11 is 0. The van der Waals surface area contributed by atoms with Crippen molar-refractivity contribution in [1.29, 1.82) is 0 Å². The van der Waals surface area contributed by atoms with Crippen molar-refractivity contribution in [3.05, 3.63) is 108 Å². The maximum absolute atomic E-state index is 12.4. The summed E-state index contributed by atoms with van der Waals surface area (Å²) < 4.78 is 6.08. The van der Waals surface area contributed by atoms with Gasteiger partial charge in [-0.3, -0.25) is 9.59 Å². The Kier molecular flexibility index (Phi) is 6.75. The number of nitrogens with zero attached hydrogens (tertiary/aromatic N) is 1. The fourth-order valence-electron chi connectivity index (χ4n) is 3.46. The first-order valence-corrected chi connectivity index (χ1v) is 10.5. The maximum atomic E-state index is 12.4. The van der Waals surface area contributed by atoms with Gasteiger partial charge in [-0.2, -0.15) is 5.10 Å². The summed E-state index contributed by atoms with van der Waals surface area (Å²) in [4.78, 5) is 23.6. The Morgan fingerprint density at radius 3 is 2.55 bits per heavy atom. The highest BCUT2D eigenvalue weighted by Gasteiger charge is 2.07. The van der Waals surface area contributed by atoms with Crippen LogP contribution in [0.25, 0.3) is 10.8 Å². The van der Waals surface area contributed by atoms with Crippen molar-refractivity contribution >= 4 is 34.5 Å². The van der Waals surface area contributed by atoms with Crippen LogP contribution >= 0.6 is 0 Å². The van der Waals surface area contributed by atoms with Crippen LogP contribution in [0.2, 0.25) is 0 Å². The first kappa shape index (κ1) is 21.8. The zero-order valence-electron chi connectivity index (χ0n) is 18.1. The zero-order chi connectivity index (χ0) is 23.0. The van der Waals surface area contributed by atoms with Gasteiger partial charge < -0.3 is 10.1 Å². The molecule has 6 nitrogen and oxygen atoms in total. The molecule has 0 bridgehead atoms. The fraction of sp³-hybridized carbons (Fsp3) is 0.0741. The third kappa shape index (κ3) is 5.62. The van der Waals surface area contributed by atoms with E-state index in [2.05, 4.69) is 34.0 Å². The molecule has 0 spiro atoms. The molecule has 0 atom stereocenters. The molecule has 0 unspecified atom stereocenters. The van der Waals surface area contributed by atoms with E-state index in [0.29, 0.717) is 23.6 Å². The number of nitrogens with one attached hydrogen (secondary N) is 2. The van der Waals surface area contributed by atoms with Crippen LogP contribution in [-0.2, 0) is 11.4 Å². The summed E-state index contributed by atoms with van der Waals surface area (Å²) in [5.74, 6) is 0.0781. The van der Waals surface area contributed by atoms with Gasteiger partial charge in [-0.1, -0.05) is 60.7 Å². The van der Waals surface area contributed by atoms with Gasteiger partial charge >= 0.3 is 0 Å². The van der Waals surface area contributed by atoms with E-state index in [9.17, 15) is 9.59 Å². The number of carbonyl (C=O) groups excluding carboxylic acids is 2. The van der Waals surface area contributed by atoms with Gasteiger partial charge in [0.25, 0.3) is 5.91 Å². The molecule has 0 aromatic heterocycles. The molecule has 0 fully saturated rings. The van der Waals surface area contributed by atoms with Gasteiger partial charge in [0.2, 0.25) is 5.91 Å². The van der Waals surface area contributed by atoms with E-state index in [0.717, 1.165) is 16.5 Å². The van der Waals surface area contributed by atoms with Crippen molar-refractivity contribution in [1.82, 2.24) is 5.43 Å². The Morgan fingerprint density at radius 1 is 0.909 bits per heavy atom. The molecule has 0 saturated heterocycles. The van der Waals surface area contributed by atoms with Crippen LogP contribution in [0.15, 0.2) is 96.1 Å². The average Bonchev–Trinajstić information content (AvgIpc) is 2.83. The molecule has 2 amide bonds. The van der Waals surface area contributed by atoms with E-state index in [1.165, 1.54) is 12.3 Å². The Balaban J connectivity index is 1.43. The van der Waals surface area contributed by atoms with E-state index in [1.807, 2.05) is 48.5 Å². The smallest absolute Gasteiger partial charge is 0.271 e. The number of amides is 2. The van der Waals surface area contributed by atoms with Gasteiger partial charge in [0.1, 0.15) is 12.4 Å². The Bertz CT molecular complexity index is 1330. The SMILES string of the molecule is CC(=O)Nc1cccc(C(=O)N/N=C\c2ccccc2OCc2cccc3ccccc23)c1. The molecule has 33 heavy (non-hydrogen) atoms. The molecule has 0 aliphatic rings. The number of rotatable bonds is 7. The molecule has 4 aromatic carbocycles. The lowest BCUT2D eigenvalue weighted by molar-refractivity contribution is -0.114. The highest BCUT2D eigenvalue weighted by molar-refractivity contribution is 5.97. The summed E-state index contributed by atoms with van der Waals surface area (Å²) in [6.45, 7) is 1.82. The Hall–Kier alpha value is -4.45. The van der Waals surface area contributed by atoms with Gasteiger partial charge in [-0.25, -0.2) is 5.43 Å². The molecular weight excluding hydrogens is 414 g/mol. The second-order valence-corrected chi connectivity index (χ2v) is 7.43. The van der Waals surface area contributed by atoms with E-state index in [1.54, 1.807) is 30.5 Å². The van der Waals surface area contributed by atoms with Crippen molar-refractivity contribution in [2.24, 2.45) is 5.10 Å². The van der Waals surface area contributed by atoms with E-state index >= 15 is 0 Å². The van der Waals surface area contributed by atoms with Gasteiger partial charge in [0.15, 0.2) is 0 Å². The summed E-state index contributed by atoms with van der Waals surface area (Å²) in [5.41, 5.74) is 5.28. The standard InChI is InChI=1S/C27H23N3O3/c1-19(31)29-24-13-7-11-21(16-24)27(32)30-28-17-22-9-3-5-15-26(22)33-18-23-12-6-10-20-8-2-4-14-25(20)23/h2-17H,18H2,1H3,(H,29,31)(H,30,32)/b28-17-. The third-order valence-corrected chi connectivity index (χ3v) is 5.00. The number of fused-ring (bicyclic) bond motifs is 1. The first-order chi connectivity index (χ1) is 16.1. The lowest BCUT2D eigenvalue weighted by Crippen LogP contribution is -2.18. The first-order valence-electron chi connectivity index (χ1n) is 10.5. The van der Waals surface area contributed by atoms with Crippen molar-refractivity contribution < 1.29 is 14.3 Å². The second-order valence-electron chi connectivity index (χ2n) is 7.43. The lowest BCUT2D eigenvalue weighted by atomic mass is 10.1. The number of carbonyl (C=O) groups is 2. The fourth-order valence-corrected chi connectivity index (χ4v) is 3.46. The minimum atomic E-state index is -0.382. The van der Waals surface area contributed by atoms with Crippen molar-refractivity contribution in [2.75, 3.05) is 5.32 Å². The van der Waals surface area contributed by atoms with Crippen molar-refractivity contribution in [3.8, 4) is 5.75 Å². The number of hydrogen-bond donors (Lipinski definition) is 2. The second kappa shape index (κ2) is 10.2. The van der Waals surface area contributed by atoms with Crippen molar-refractivity contribution in [2.45, 2.75) is 13.5 Å². The number of hydrogen-bond acceptors (Lipinski definition) is 4. The number of benzene rings is 4. The molecule has 0 aliphatic heterocycles. The van der Waals surface area contributed by atoms with Crippen LogP contribution in [-0.4, -0.2) is 18.0 Å². The van der Waals surface area contributed by atoms with Crippen LogP contribution in [0, 0.1) is 0 Å². The highest BCUT2D eigenvalue weighted by atomic mass is 16.5. The van der Waals surface area contributed by atoms with Gasteiger partial charge in [-0.15, -0.1) is 0 Å². The number of ether oxygens (including phenoxy) is 1. The molecule has 4 rings (SSSR count). The van der Waals surface area contributed by atoms with Gasteiger partial charge in [0.05, 0.1) is 6.21 Å². The van der Waals surface area contributed by atoms with E-state index in [4.69, 9.17) is 4.74 Å². The van der Waals surface area contributed by atoms with Crippen LogP contribution in [0.3, 0.4) is 0 Å².